The second kappa shape index (κ2) is 8.26. The van der Waals surface area contributed by atoms with Gasteiger partial charge in [0.1, 0.15) is 5.70 Å². The Kier molecular flexibility index (Phi) is 7.00. The molecular weight excluding hydrogens is 262 g/mol. The lowest BCUT2D eigenvalue weighted by Gasteiger charge is -2.13. The zero-order valence-electron chi connectivity index (χ0n) is 14.3. The summed E-state index contributed by atoms with van der Waals surface area (Å²) in [4.78, 5) is 11.7. The molecule has 0 amide bonds. The second-order valence-electron chi connectivity index (χ2n) is 5.57. The topological polar surface area (TPSA) is 38.3 Å². The molecule has 0 bridgehead atoms. The summed E-state index contributed by atoms with van der Waals surface area (Å²) in [5, 5.41) is 3.39. The fraction of sp³-hybridized carbons (Fsp3) is 0.722. The summed E-state index contributed by atoms with van der Waals surface area (Å²) in [6.07, 6.45) is 10.4. The van der Waals surface area contributed by atoms with Crippen LogP contribution in [-0.2, 0) is 9.53 Å². The summed E-state index contributed by atoms with van der Waals surface area (Å²) in [5.41, 5.74) is 2.08. The summed E-state index contributed by atoms with van der Waals surface area (Å²) < 4.78 is 5.03. The third kappa shape index (κ3) is 3.90. The van der Waals surface area contributed by atoms with Gasteiger partial charge in [0.2, 0.25) is 0 Å². The van der Waals surface area contributed by atoms with Crippen LogP contribution in [0.1, 0.15) is 66.7 Å². The zero-order chi connectivity index (χ0) is 15.9. The normalized spacial score (nSPS) is 27.8. The molecule has 1 saturated carbocycles. The van der Waals surface area contributed by atoms with E-state index in [2.05, 4.69) is 25.2 Å². The van der Waals surface area contributed by atoms with Crippen LogP contribution in [-0.4, -0.2) is 18.1 Å². The minimum atomic E-state index is -0.212. The Bertz CT molecular complexity index is 411. The molecule has 1 aliphatic heterocycles. The predicted octanol–water partition coefficient (Wildman–Crippen LogP) is 4.35. The largest absolute Gasteiger partial charge is 0.461 e. The molecule has 1 spiro atoms. The van der Waals surface area contributed by atoms with E-state index in [1.54, 1.807) is 0 Å². The van der Waals surface area contributed by atoms with Crippen molar-refractivity contribution in [2.75, 3.05) is 6.61 Å². The van der Waals surface area contributed by atoms with E-state index in [0.29, 0.717) is 12.3 Å². The van der Waals surface area contributed by atoms with E-state index in [-0.39, 0.29) is 11.5 Å². The minimum Gasteiger partial charge on any atom is -0.461 e. The van der Waals surface area contributed by atoms with Crippen LogP contribution >= 0.6 is 0 Å². The molecular formula is C18H31NO2. The molecule has 0 aromatic carbocycles. The molecule has 0 radical (unpaired) electrons. The lowest BCUT2D eigenvalue weighted by molar-refractivity contribution is -0.138. The molecule has 0 aromatic heterocycles. The van der Waals surface area contributed by atoms with Gasteiger partial charge in [-0.25, -0.2) is 4.79 Å². The number of rotatable bonds is 2. The average Bonchev–Trinajstić information content (AvgIpc) is 3.09. The lowest BCUT2D eigenvalue weighted by atomic mass is 10.1. The second-order valence-corrected chi connectivity index (χ2v) is 5.57. The Morgan fingerprint density at radius 3 is 2.67 bits per heavy atom. The van der Waals surface area contributed by atoms with E-state index >= 15 is 0 Å². The molecule has 0 aromatic rings. The van der Waals surface area contributed by atoms with Crippen molar-refractivity contribution in [1.82, 2.24) is 5.32 Å². The van der Waals surface area contributed by atoms with E-state index in [9.17, 15) is 4.79 Å². The van der Waals surface area contributed by atoms with E-state index in [1.807, 2.05) is 26.8 Å². The highest BCUT2D eigenvalue weighted by atomic mass is 16.5. The first-order chi connectivity index (χ1) is 10.2. The van der Waals surface area contributed by atoms with Crippen LogP contribution in [0.25, 0.3) is 0 Å². The van der Waals surface area contributed by atoms with Gasteiger partial charge in [-0.15, -0.1) is 0 Å². The molecule has 2 atom stereocenters. The van der Waals surface area contributed by atoms with Crippen molar-refractivity contribution in [2.45, 2.75) is 72.3 Å². The third-order valence-electron chi connectivity index (χ3n) is 3.89. The summed E-state index contributed by atoms with van der Waals surface area (Å²) >= 11 is 0. The van der Waals surface area contributed by atoms with Crippen LogP contribution in [0.15, 0.2) is 23.4 Å². The molecule has 0 saturated heterocycles. The highest BCUT2D eigenvalue weighted by Gasteiger charge is 2.59. The number of nitrogens with one attached hydrogen (secondary N) is 1. The van der Waals surface area contributed by atoms with Gasteiger partial charge >= 0.3 is 5.97 Å². The van der Waals surface area contributed by atoms with E-state index in [1.165, 1.54) is 31.3 Å². The average molecular weight is 293 g/mol. The summed E-state index contributed by atoms with van der Waals surface area (Å²) in [5.74, 6) is 0.515. The van der Waals surface area contributed by atoms with E-state index in [4.69, 9.17) is 4.74 Å². The summed E-state index contributed by atoms with van der Waals surface area (Å²) in [6, 6.07) is 0. The minimum absolute atomic E-state index is 0.110. The number of carbonyl (C=O) groups excluding carboxylic acids is 1. The molecule has 3 nitrogen and oxygen atoms in total. The van der Waals surface area contributed by atoms with Crippen LogP contribution in [0.2, 0.25) is 0 Å². The first kappa shape index (κ1) is 17.8. The standard InChI is InChI=1S/C13H17NO2.C3H8.C2H6/c1-2-16-12(15)11-7-9-5-3-4-6-10-8-13(9,10)14-11;1-3-2;1-2/h5,7,10,14H,2-4,6,8H2,1H3;3H2,1-2H3;1-2H3. The van der Waals surface area contributed by atoms with Gasteiger partial charge in [0.15, 0.2) is 0 Å². The molecule has 1 N–H and O–H groups in total. The molecule has 2 aliphatic carbocycles. The van der Waals surface area contributed by atoms with Gasteiger partial charge in [-0.05, 0) is 50.2 Å². The molecule has 3 heteroatoms. The SMILES string of the molecule is CC.CCC.CCOC(=O)C1=CC2=CCCCC3CC23N1. The third-order valence-corrected chi connectivity index (χ3v) is 3.89. The Hall–Kier alpha value is -1.25. The molecule has 120 valence electrons. The van der Waals surface area contributed by atoms with Gasteiger partial charge in [0.05, 0.1) is 12.1 Å². The summed E-state index contributed by atoms with van der Waals surface area (Å²) in [7, 11) is 0. The number of hydrogen-bond acceptors (Lipinski definition) is 3. The molecule has 1 fully saturated rings. The maximum absolute atomic E-state index is 11.7. The number of esters is 1. The number of allylic oxidation sites excluding steroid dienone is 1. The first-order valence-corrected chi connectivity index (χ1v) is 8.55. The van der Waals surface area contributed by atoms with Crippen molar-refractivity contribution in [3.63, 3.8) is 0 Å². The van der Waals surface area contributed by atoms with Gasteiger partial charge in [-0.1, -0.05) is 40.2 Å². The van der Waals surface area contributed by atoms with Gasteiger partial charge < -0.3 is 10.1 Å². The molecule has 1 heterocycles. The van der Waals surface area contributed by atoms with Gasteiger partial charge in [-0.3, -0.25) is 0 Å². The van der Waals surface area contributed by atoms with Crippen LogP contribution in [0.4, 0.5) is 0 Å². The van der Waals surface area contributed by atoms with Crippen molar-refractivity contribution in [1.29, 1.82) is 0 Å². The molecule has 3 rings (SSSR count). The quantitative estimate of drug-likeness (QED) is 0.769. The Labute approximate surface area is 129 Å². The fourth-order valence-electron chi connectivity index (χ4n) is 3.00. The Morgan fingerprint density at radius 2 is 2.05 bits per heavy atom. The zero-order valence-corrected chi connectivity index (χ0v) is 14.3. The van der Waals surface area contributed by atoms with Gasteiger partial charge in [0.25, 0.3) is 0 Å². The van der Waals surface area contributed by atoms with Gasteiger partial charge in [-0.2, -0.15) is 0 Å². The van der Waals surface area contributed by atoms with E-state index < -0.39 is 0 Å². The number of carbonyl (C=O) groups is 1. The first-order valence-electron chi connectivity index (χ1n) is 8.55. The van der Waals surface area contributed by atoms with Crippen molar-refractivity contribution in [3.05, 3.63) is 23.4 Å². The highest BCUT2D eigenvalue weighted by molar-refractivity contribution is 5.90. The van der Waals surface area contributed by atoms with Crippen molar-refractivity contribution >= 4 is 5.97 Å². The van der Waals surface area contributed by atoms with E-state index in [0.717, 1.165) is 12.3 Å². The highest BCUT2D eigenvalue weighted by Crippen LogP contribution is 2.56. The van der Waals surface area contributed by atoms with Crippen molar-refractivity contribution < 1.29 is 9.53 Å². The smallest absolute Gasteiger partial charge is 0.354 e. The Balaban J connectivity index is 0.000000395. The summed E-state index contributed by atoms with van der Waals surface area (Å²) in [6.45, 7) is 10.5. The van der Waals surface area contributed by atoms with Crippen LogP contribution < -0.4 is 5.32 Å². The number of ether oxygens (including phenoxy) is 1. The molecule has 2 unspecified atom stereocenters. The van der Waals surface area contributed by atoms with Gasteiger partial charge in [0, 0.05) is 0 Å². The van der Waals surface area contributed by atoms with Crippen molar-refractivity contribution in [3.8, 4) is 0 Å². The predicted molar refractivity (Wildman–Crippen MR) is 87.9 cm³/mol. The van der Waals surface area contributed by atoms with Crippen LogP contribution in [0.5, 0.6) is 0 Å². The fourth-order valence-corrected chi connectivity index (χ4v) is 3.00. The molecule has 21 heavy (non-hydrogen) atoms. The Morgan fingerprint density at radius 1 is 1.38 bits per heavy atom. The molecule has 3 aliphatic rings. The maximum Gasteiger partial charge on any atom is 0.354 e. The lowest BCUT2D eigenvalue weighted by Crippen LogP contribution is -2.31. The van der Waals surface area contributed by atoms with Crippen LogP contribution in [0.3, 0.4) is 0 Å². The maximum atomic E-state index is 11.7. The monoisotopic (exact) mass is 293 g/mol. The van der Waals surface area contributed by atoms with Crippen LogP contribution in [0, 0.1) is 5.92 Å². The van der Waals surface area contributed by atoms with Crippen molar-refractivity contribution in [2.24, 2.45) is 5.92 Å². The number of hydrogen-bond donors (Lipinski definition) is 1.